The summed E-state index contributed by atoms with van der Waals surface area (Å²) in [6.07, 6.45) is 5.87. The number of hydrogen-bond acceptors (Lipinski definition) is 2. The zero-order valence-electron chi connectivity index (χ0n) is 13.6. The number of hydrogen-bond donors (Lipinski definition) is 0. The average Bonchev–Trinajstić information content (AvgIpc) is 3.15. The van der Waals surface area contributed by atoms with Gasteiger partial charge >= 0.3 is 0 Å². The lowest BCUT2D eigenvalue weighted by atomic mass is 10.0. The molecule has 0 atom stereocenters. The molecule has 0 radical (unpaired) electrons. The second kappa shape index (κ2) is 6.58. The maximum Gasteiger partial charge on any atom is 0.199 e. The van der Waals surface area contributed by atoms with E-state index in [9.17, 15) is 0 Å². The van der Waals surface area contributed by atoms with Gasteiger partial charge in [-0.1, -0.05) is 75.2 Å². The van der Waals surface area contributed by atoms with Crippen LogP contribution in [0, 0.1) is 0 Å². The summed E-state index contributed by atoms with van der Waals surface area (Å²) in [5.74, 6) is 0.756. The normalized spacial score (nSPS) is 11.7. The molecule has 1 heterocycles. The Hall–Kier alpha value is -2.83. The largest absolute Gasteiger partial charge is 0.470 e. The molecule has 0 aliphatic rings. The van der Waals surface area contributed by atoms with E-state index in [1.165, 1.54) is 0 Å². The molecule has 3 heteroatoms. The Morgan fingerprint density at radius 1 is 0.800 bits per heavy atom. The average molecular weight is 344 g/mol. The molecule has 1 aromatic heterocycles. The predicted molar refractivity (Wildman–Crippen MR) is 105 cm³/mol. The monoisotopic (exact) mass is 344 g/mol. The van der Waals surface area contributed by atoms with E-state index in [0.29, 0.717) is 0 Å². The van der Waals surface area contributed by atoms with Crippen molar-refractivity contribution in [2.24, 2.45) is 0 Å². The van der Waals surface area contributed by atoms with Crippen LogP contribution in [0.15, 0.2) is 95.6 Å². The summed E-state index contributed by atoms with van der Waals surface area (Å²) in [6.45, 7) is 0. The highest BCUT2D eigenvalue weighted by Gasteiger charge is 2.34. The van der Waals surface area contributed by atoms with Crippen molar-refractivity contribution in [3.63, 3.8) is 0 Å². The summed E-state index contributed by atoms with van der Waals surface area (Å²) in [5, 5.41) is 0.382. The standard InChI is InChI=1S/C22H17O2P/c1-25-22(18-8-4-2-5-9-18,19-10-6-3-7-11-19)24-20-13-12-17-14-15-23-21(17)16-20/h2-16H,1H2. The molecule has 3 aromatic carbocycles. The second-order valence-electron chi connectivity index (χ2n) is 5.76. The molecule has 0 unspecified atom stereocenters. The molecule has 25 heavy (non-hydrogen) atoms. The summed E-state index contributed by atoms with van der Waals surface area (Å²) in [5.41, 5.74) is 2.95. The van der Waals surface area contributed by atoms with E-state index in [0.717, 1.165) is 36.0 Å². The topological polar surface area (TPSA) is 22.4 Å². The first-order chi connectivity index (χ1) is 12.3. The van der Waals surface area contributed by atoms with E-state index in [4.69, 9.17) is 9.15 Å². The van der Waals surface area contributed by atoms with Gasteiger partial charge in [-0.05, 0) is 18.2 Å². The molecular formula is C22H17O2P. The molecule has 0 saturated heterocycles. The SMILES string of the molecule is C=PC(Oc1ccc2ccoc2c1)(c1ccccc1)c1ccccc1. The van der Waals surface area contributed by atoms with Crippen molar-refractivity contribution in [3.05, 3.63) is 102 Å². The van der Waals surface area contributed by atoms with Crippen LogP contribution in [0.25, 0.3) is 11.0 Å². The smallest absolute Gasteiger partial charge is 0.199 e. The van der Waals surface area contributed by atoms with E-state index in [2.05, 4.69) is 30.6 Å². The van der Waals surface area contributed by atoms with Gasteiger partial charge in [0.15, 0.2) is 5.34 Å². The number of benzene rings is 3. The third kappa shape index (κ3) is 2.86. The Kier molecular flexibility index (Phi) is 4.13. The van der Waals surface area contributed by atoms with Crippen LogP contribution in [0.4, 0.5) is 0 Å². The van der Waals surface area contributed by atoms with Crippen molar-refractivity contribution in [3.8, 4) is 5.75 Å². The van der Waals surface area contributed by atoms with Crippen LogP contribution >= 0.6 is 8.20 Å². The molecule has 0 bridgehead atoms. The van der Waals surface area contributed by atoms with Crippen molar-refractivity contribution < 1.29 is 9.15 Å². The maximum absolute atomic E-state index is 6.57. The minimum atomic E-state index is -0.678. The van der Waals surface area contributed by atoms with Crippen LogP contribution in [0.5, 0.6) is 5.75 Å². The number of rotatable bonds is 5. The van der Waals surface area contributed by atoms with E-state index in [1.54, 1.807) is 6.26 Å². The lowest BCUT2D eigenvalue weighted by molar-refractivity contribution is 0.208. The summed E-state index contributed by atoms with van der Waals surface area (Å²) in [4.78, 5) is 0. The molecule has 4 aromatic rings. The van der Waals surface area contributed by atoms with Crippen LogP contribution < -0.4 is 4.74 Å². The van der Waals surface area contributed by atoms with Crippen LogP contribution in [-0.4, -0.2) is 6.30 Å². The van der Waals surface area contributed by atoms with E-state index < -0.39 is 5.34 Å². The first-order valence-electron chi connectivity index (χ1n) is 8.07. The highest BCUT2D eigenvalue weighted by Crippen LogP contribution is 2.43. The van der Waals surface area contributed by atoms with Crippen molar-refractivity contribution in [2.75, 3.05) is 0 Å². The molecule has 0 amide bonds. The third-order valence-electron chi connectivity index (χ3n) is 4.25. The van der Waals surface area contributed by atoms with Crippen LogP contribution in [0.2, 0.25) is 0 Å². The van der Waals surface area contributed by atoms with Gasteiger partial charge in [-0.25, -0.2) is 0 Å². The molecule has 0 saturated carbocycles. The zero-order valence-corrected chi connectivity index (χ0v) is 14.5. The molecular weight excluding hydrogens is 327 g/mol. The molecule has 0 aliphatic heterocycles. The summed E-state index contributed by atoms with van der Waals surface area (Å²) in [6, 6.07) is 28.3. The van der Waals surface area contributed by atoms with Gasteiger partial charge in [-0.2, -0.15) is 0 Å². The van der Waals surface area contributed by atoms with Crippen LogP contribution in [0.1, 0.15) is 11.1 Å². The van der Waals surface area contributed by atoms with Gasteiger partial charge in [0.2, 0.25) is 0 Å². The summed E-state index contributed by atoms with van der Waals surface area (Å²) in [7, 11) is 0.852. The summed E-state index contributed by atoms with van der Waals surface area (Å²) < 4.78 is 12.1. The fourth-order valence-corrected chi connectivity index (χ4v) is 3.83. The number of ether oxygens (including phenoxy) is 1. The maximum atomic E-state index is 6.57. The Labute approximate surface area is 148 Å². The van der Waals surface area contributed by atoms with Gasteiger partial charge < -0.3 is 9.15 Å². The lowest BCUT2D eigenvalue weighted by Crippen LogP contribution is -2.28. The molecule has 0 aliphatic carbocycles. The third-order valence-corrected chi connectivity index (χ3v) is 5.30. The quantitative estimate of drug-likeness (QED) is 0.409. The van der Waals surface area contributed by atoms with Gasteiger partial charge in [0, 0.05) is 22.6 Å². The molecule has 4 rings (SSSR count). The Morgan fingerprint density at radius 2 is 1.44 bits per heavy atom. The second-order valence-corrected chi connectivity index (χ2v) is 6.70. The van der Waals surface area contributed by atoms with Gasteiger partial charge in [0.1, 0.15) is 11.3 Å². The molecule has 0 fully saturated rings. The van der Waals surface area contributed by atoms with Gasteiger partial charge in [0.05, 0.1) is 6.26 Å². The minimum absolute atomic E-state index is 0.678. The van der Waals surface area contributed by atoms with E-state index in [-0.39, 0.29) is 0 Å². The van der Waals surface area contributed by atoms with Crippen molar-refractivity contribution >= 4 is 25.5 Å². The zero-order chi connectivity index (χ0) is 17.1. The number of furan rings is 1. The van der Waals surface area contributed by atoms with Crippen molar-refractivity contribution in [1.82, 2.24) is 0 Å². The Morgan fingerprint density at radius 3 is 2.04 bits per heavy atom. The fraction of sp³-hybridized carbons (Fsp3) is 0.0455. The first kappa shape index (κ1) is 15.7. The summed E-state index contributed by atoms with van der Waals surface area (Å²) >= 11 is 0. The fourth-order valence-electron chi connectivity index (χ4n) is 3.00. The number of fused-ring (bicyclic) bond motifs is 1. The highest BCUT2D eigenvalue weighted by molar-refractivity contribution is 7.38. The highest BCUT2D eigenvalue weighted by atomic mass is 31.1. The minimum Gasteiger partial charge on any atom is -0.470 e. The first-order valence-corrected chi connectivity index (χ1v) is 9.15. The lowest BCUT2D eigenvalue weighted by Gasteiger charge is -2.32. The molecule has 2 nitrogen and oxygen atoms in total. The predicted octanol–water partition coefficient (Wildman–Crippen LogP) is 6.09. The van der Waals surface area contributed by atoms with Gasteiger partial charge in [-0.3, -0.25) is 0 Å². The van der Waals surface area contributed by atoms with Crippen molar-refractivity contribution in [1.29, 1.82) is 0 Å². The Bertz CT molecular complexity index is 951. The molecule has 0 spiro atoms. The van der Waals surface area contributed by atoms with Crippen LogP contribution in [0.3, 0.4) is 0 Å². The van der Waals surface area contributed by atoms with E-state index >= 15 is 0 Å². The molecule has 0 N–H and O–H groups in total. The van der Waals surface area contributed by atoms with Gasteiger partial charge in [-0.15, -0.1) is 0 Å². The van der Waals surface area contributed by atoms with Gasteiger partial charge in [0.25, 0.3) is 0 Å². The molecule has 122 valence electrons. The van der Waals surface area contributed by atoms with Crippen LogP contribution in [-0.2, 0) is 5.34 Å². The van der Waals surface area contributed by atoms with E-state index in [1.807, 2.05) is 60.7 Å². The Balaban J connectivity index is 1.86. The van der Waals surface area contributed by atoms with Crippen molar-refractivity contribution in [2.45, 2.75) is 5.34 Å².